The average Bonchev–Trinajstić information content (AvgIpc) is 3.32. The highest BCUT2D eigenvalue weighted by atomic mass is 16.6. The van der Waals surface area contributed by atoms with E-state index in [1.807, 2.05) is 55.1 Å². The summed E-state index contributed by atoms with van der Waals surface area (Å²) in [6.07, 6.45) is 6.47. The second-order valence-corrected chi connectivity index (χ2v) is 9.25. The number of rotatable bonds is 3. The van der Waals surface area contributed by atoms with Gasteiger partial charge in [0.2, 0.25) is 0 Å². The molecule has 1 saturated heterocycles. The molecule has 7 nitrogen and oxygen atoms in total. The van der Waals surface area contributed by atoms with Gasteiger partial charge in [0.1, 0.15) is 11.2 Å². The summed E-state index contributed by atoms with van der Waals surface area (Å²) in [6, 6.07) is 15.7. The Morgan fingerprint density at radius 1 is 1.06 bits per heavy atom. The van der Waals surface area contributed by atoms with Gasteiger partial charge in [0, 0.05) is 29.9 Å². The molecule has 1 aromatic carbocycles. The molecule has 1 aliphatic heterocycles. The van der Waals surface area contributed by atoms with Gasteiger partial charge >= 0.3 is 12.1 Å². The van der Waals surface area contributed by atoms with Crippen LogP contribution in [0.15, 0.2) is 60.9 Å². The van der Waals surface area contributed by atoms with E-state index in [1.165, 1.54) is 0 Å². The van der Waals surface area contributed by atoms with Crippen LogP contribution < -0.4 is 5.32 Å². The van der Waals surface area contributed by atoms with Crippen LogP contribution in [0.3, 0.4) is 0 Å². The number of aromatic nitrogens is 2. The highest BCUT2D eigenvalue weighted by Crippen LogP contribution is 2.44. The Balaban J connectivity index is 1.27. The van der Waals surface area contributed by atoms with Crippen LogP contribution >= 0.6 is 0 Å². The zero-order valence-electron chi connectivity index (χ0n) is 18.4. The van der Waals surface area contributed by atoms with Crippen molar-refractivity contribution in [1.82, 2.24) is 19.8 Å². The highest BCUT2D eigenvalue weighted by molar-refractivity contribution is 5.89. The normalized spacial score (nSPS) is 25.0. The van der Waals surface area contributed by atoms with Crippen molar-refractivity contribution in [2.75, 3.05) is 0 Å². The number of hydrogen-bond acceptors (Lipinski definition) is 4. The predicted octanol–water partition coefficient (Wildman–Crippen LogP) is 4.88. The summed E-state index contributed by atoms with van der Waals surface area (Å²) in [6.45, 7) is 3.95. The van der Waals surface area contributed by atoms with E-state index in [9.17, 15) is 9.59 Å². The first-order chi connectivity index (χ1) is 15.4. The van der Waals surface area contributed by atoms with E-state index < -0.39 is 5.60 Å². The quantitative estimate of drug-likeness (QED) is 0.640. The molecule has 0 spiro atoms. The number of nitrogens with one attached hydrogen (secondary N) is 1. The Labute approximate surface area is 187 Å². The predicted molar refractivity (Wildman–Crippen MR) is 121 cm³/mol. The van der Waals surface area contributed by atoms with Crippen LogP contribution in [0, 0.1) is 0 Å². The molecule has 7 heteroatoms. The number of cyclic esters (lactones) is 1. The summed E-state index contributed by atoms with van der Waals surface area (Å²) >= 11 is 0. The molecule has 1 saturated carbocycles. The lowest BCUT2D eigenvalue weighted by atomic mass is 9.86. The van der Waals surface area contributed by atoms with Gasteiger partial charge in [-0.3, -0.25) is 9.47 Å². The molecular formula is C25H28N4O3. The van der Waals surface area contributed by atoms with Crippen molar-refractivity contribution < 1.29 is 14.3 Å². The van der Waals surface area contributed by atoms with E-state index in [0.717, 1.165) is 36.6 Å². The minimum Gasteiger partial charge on any atom is -0.441 e. The number of benzene rings is 1. The lowest BCUT2D eigenvalue weighted by Crippen LogP contribution is -2.46. The van der Waals surface area contributed by atoms with Crippen molar-refractivity contribution in [1.29, 1.82) is 0 Å². The maximum atomic E-state index is 12.8. The molecule has 0 radical (unpaired) electrons. The highest BCUT2D eigenvalue weighted by Gasteiger charge is 2.51. The molecule has 3 aromatic rings. The first-order valence-electron chi connectivity index (χ1n) is 11.2. The minimum absolute atomic E-state index is 0.0710. The fourth-order valence-corrected chi connectivity index (χ4v) is 5.20. The Bertz CT molecular complexity index is 1130. The SMILES string of the molecule is CC1(C)OC(=O)N([C@H]2CC[C@H](NC(=O)n3ccc4cccnc43)CC2)[C@H]1c1ccccc1. The number of carbonyl (C=O) groups excluding carboxylic acids is 2. The zero-order valence-corrected chi connectivity index (χ0v) is 18.4. The minimum atomic E-state index is -0.591. The van der Waals surface area contributed by atoms with Gasteiger partial charge in [-0.05, 0) is 63.3 Å². The third-order valence-corrected chi connectivity index (χ3v) is 6.70. The molecular weight excluding hydrogens is 404 g/mol. The monoisotopic (exact) mass is 432 g/mol. The molecule has 1 N–H and O–H groups in total. The van der Waals surface area contributed by atoms with Crippen LogP contribution in [-0.4, -0.2) is 44.3 Å². The van der Waals surface area contributed by atoms with E-state index in [-0.39, 0.29) is 30.2 Å². The first-order valence-corrected chi connectivity index (χ1v) is 11.2. The van der Waals surface area contributed by atoms with Crippen LogP contribution in [0.25, 0.3) is 11.0 Å². The zero-order chi connectivity index (χ0) is 22.3. The summed E-state index contributed by atoms with van der Waals surface area (Å²) in [5, 5.41) is 4.08. The summed E-state index contributed by atoms with van der Waals surface area (Å²) < 4.78 is 7.33. The van der Waals surface area contributed by atoms with E-state index in [1.54, 1.807) is 17.0 Å². The molecule has 5 rings (SSSR count). The van der Waals surface area contributed by atoms with Crippen molar-refractivity contribution in [3.8, 4) is 0 Å². The molecule has 0 unspecified atom stereocenters. The van der Waals surface area contributed by atoms with Crippen molar-refractivity contribution in [2.45, 2.75) is 63.3 Å². The first kappa shape index (κ1) is 20.5. The van der Waals surface area contributed by atoms with E-state index in [4.69, 9.17) is 4.74 Å². The standard InChI is InChI=1S/C25H28N4O3/c1-25(2)21(17-7-4-3-5-8-17)29(24(31)32-25)20-12-10-19(11-13-20)27-23(30)28-16-14-18-9-6-15-26-22(18)28/h3-9,14-16,19-21H,10-13H2,1-2H3,(H,27,30)/t19-,20-,21-/m0/s1. The molecule has 166 valence electrons. The van der Waals surface area contributed by atoms with E-state index in [2.05, 4.69) is 22.4 Å². The number of pyridine rings is 1. The lowest BCUT2D eigenvalue weighted by Gasteiger charge is -2.38. The molecule has 2 amide bonds. The topological polar surface area (TPSA) is 76.5 Å². The molecule has 2 aromatic heterocycles. The van der Waals surface area contributed by atoms with Crippen LogP contribution in [0.2, 0.25) is 0 Å². The second kappa shape index (κ2) is 7.97. The number of fused-ring (bicyclic) bond motifs is 1. The van der Waals surface area contributed by atoms with Gasteiger partial charge in [-0.1, -0.05) is 30.3 Å². The van der Waals surface area contributed by atoms with E-state index in [0.29, 0.717) is 5.65 Å². The fraction of sp³-hybridized carbons (Fsp3) is 0.400. The Morgan fingerprint density at radius 2 is 1.81 bits per heavy atom. The number of amides is 2. The van der Waals surface area contributed by atoms with Gasteiger partial charge in [-0.25, -0.2) is 14.6 Å². The van der Waals surface area contributed by atoms with E-state index >= 15 is 0 Å². The summed E-state index contributed by atoms with van der Waals surface area (Å²) in [5.41, 5.74) is 1.16. The molecule has 32 heavy (non-hydrogen) atoms. The lowest BCUT2D eigenvalue weighted by molar-refractivity contribution is 0.0663. The van der Waals surface area contributed by atoms with Crippen LogP contribution in [0.5, 0.6) is 0 Å². The number of carbonyl (C=O) groups is 2. The fourth-order valence-electron chi connectivity index (χ4n) is 5.20. The Morgan fingerprint density at radius 3 is 2.56 bits per heavy atom. The average molecular weight is 433 g/mol. The van der Waals surface area contributed by atoms with Gasteiger partial charge in [0.25, 0.3) is 0 Å². The van der Waals surface area contributed by atoms with Crippen LogP contribution in [0.1, 0.15) is 51.1 Å². The smallest absolute Gasteiger partial charge is 0.411 e. The number of hydrogen-bond donors (Lipinski definition) is 1. The second-order valence-electron chi connectivity index (χ2n) is 9.25. The molecule has 2 aliphatic rings. The number of ether oxygens (including phenoxy) is 1. The summed E-state index contributed by atoms with van der Waals surface area (Å²) in [7, 11) is 0. The Kier molecular flexibility index (Phi) is 5.12. The van der Waals surface area contributed by atoms with Gasteiger partial charge < -0.3 is 10.1 Å². The van der Waals surface area contributed by atoms with Crippen molar-refractivity contribution in [3.63, 3.8) is 0 Å². The van der Waals surface area contributed by atoms with Crippen molar-refractivity contribution in [3.05, 3.63) is 66.5 Å². The van der Waals surface area contributed by atoms with Crippen LogP contribution in [-0.2, 0) is 4.74 Å². The Hall–Kier alpha value is -3.35. The van der Waals surface area contributed by atoms with Crippen molar-refractivity contribution >= 4 is 23.2 Å². The van der Waals surface area contributed by atoms with Gasteiger partial charge in [0.05, 0.1) is 6.04 Å². The maximum absolute atomic E-state index is 12.8. The largest absolute Gasteiger partial charge is 0.441 e. The molecule has 0 bridgehead atoms. The molecule has 1 aliphatic carbocycles. The molecule has 3 heterocycles. The third kappa shape index (κ3) is 3.61. The molecule has 1 atom stereocenters. The molecule has 2 fully saturated rings. The summed E-state index contributed by atoms with van der Waals surface area (Å²) in [4.78, 5) is 31.9. The summed E-state index contributed by atoms with van der Waals surface area (Å²) in [5.74, 6) is 0. The van der Waals surface area contributed by atoms with Crippen LogP contribution in [0.4, 0.5) is 9.59 Å². The van der Waals surface area contributed by atoms with Gasteiger partial charge in [-0.15, -0.1) is 0 Å². The maximum Gasteiger partial charge on any atom is 0.411 e. The van der Waals surface area contributed by atoms with Gasteiger partial charge in [-0.2, -0.15) is 0 Å². The van der Waals surface area contributed by atoms with Crippen molar-refractivity contribution in [2.24, 2.45) is 0 Å². The van der Waals surface area contributed by atoms with Gasteiger partial charge in [0.15, 0.2) is 0 Å². The third-order valence-electron chi connectivity index (χ3n) is 6.70. The number of nitrogens with zero attached hydrogens (tertiary/aromatic N) is 3.